The minimum absolute atomic E-state index is 0.0813. The number of fused-ring (bicyclic) bond motifs is 1. The van der Waals surface area contributed by atoms with E-state index < -0.39 is 11.6 Å². The Hall–Kier alpha value is -1.90. The SMILES string of the molecule is CC1Cc2cccc(-c3cccc(F)c3F)c2O1. The van der Waals surface area contributed by atoms with Gasteiger partial charge in [0.05, 0.1) is 0 Å². The standard InChI is InChI=1S/C15H12F2O/c1-9-8-10-4-2-6-12(15(10)18-9)11-5-3-7-13(16)14(11)17/h2-7,9H,8H2,1H3. The van der Waals surface area contributed by atoms with Crippen molar-refractivity contribution in [3.05, 3.63) is 53.6 Å². The van der Waals surface area contributed by atoms with Crippen LogP contribution in [-0.2, 0) is 6.42 Å². The van der Waals surface area contributed by atoms with Crippen molar-refractivity contribution in [2.75, 3.05) is 0 Å². The summed E-state index contributed by atoms with van der Waals surface area (Å²) in [6, 6.07) is 9.76. The highest BCUT2D eigenvalue weighted by molar-refractivity contribution is 5.73. The molecule has 0 aromatic heterocycles. The Morgan fingerprint density at radius 1 is 1.06 bits per heavy atom. The zero-order valence-electron chi connectivity index (χ0n) is 9.91. The number of benzene rings is 2. The highest BCUT2D eigenvalue weighted by Crippen LogP contribution is 2.39. The monoisotopic (exact) mass is 246 g/mol. The fourth-order valence-electron chi connectivity index (χ4n) is 2.36. The molecule has 0 spiro atoms. The van der Waals surface area contributed by atoms with E-state index in [0.717, 1.165) is 18.1 Å². The number of halogens is 2. The third-order valence-electron chi connectivity index (χ3n) is 3.16. The molecule has 3 rings (SSSR count). The van der Waals surface area contributed by atoms with Gasteiger partial charge in [0.2, 0.25) is 0 Å². The average molecular weight is 246 g/mol. The normalized spacial score (nSPS) is 17.4. The fourth-order valence-corrected chi connectivity index (χ4v) is 2.36. The van der Waals surface area contributed by atoms with Gasteiger partial charge in [0.25, 0.3) is 0 Å². The van der Waals surface area contributed by atoms with E-state index in [1.165, 1.54) is 6.07 Å². The Labute approximate surface area is 104 Å². The second-order valence-corrected chi connectivity index (χ2v) is 4.53. The Balaban J connectivity index is 2.19. The van der Waals surface area contributed by atoms with E-state index in [9.17, 15) is 8.78 Å². The topological polar surface area (TPSA) is 9.23 Å². The van der Waals surface area contributed by atoms with Crippen LogP contribution in [0.15, 0.2) is 36.4 Å². The number of rotatable bonds is 1. The van der Waals surface area contributed by atoms with Gasteiger partial charge in [0.15, 0.2) is 11.6 Å². The van der Waals surface area contributed by atoms with Crippen LogP contribution < -0.4 is 4.74 Å². The smallest absolute Gasteiger partial charge is 0.166 e. The molecule has 1 aliphatic rings. The summed E-state index contributed by atoms with van der Waals surface area (Å²) < 4.78 is 32.8. The average Bonchev–Trinajstić information content (AvgIpc) is 2.73. The summed E-state index contributed by atoms with van der Waals surface area (Å²) in [5.74, 6) is -0.986. The maximum atomic E-state index is 13.8. The van der Waals surface area contributed by atoms with Crippen LogP contribution in [0.3, 0.4) is 0 Å². The van der Waals surface area contributed by atoms with E-state index in [-0.39, 0.29) is 11.7 Å². The van der Waals surface area contributed by atoms with Crippen LogP contribution in [0.25, 0.3) is 11.1 Å². The molecule has 1 nitrogen and oxygen atoms in total. The summed E-state index contributed by atoms with van der Waals surface area (Å²) in [7, 11) is 0. The summed E-state index contributed by atoms with van der Waals surface area (Å²) in [6.45, 7) is 1.96. The van der Waals surface area contributed by atoms with Crippen molar-refractivity contribution in [2.45, 2.75) is 19.4 Å². The molecule has 2 aromatic rings. The number of hydrogen-bond donors (Lipinski definition) is 0. The molecule has 1 aliphatic heterocycles. The first-order chi connectivity index (χ1) is 8.66. The van der Waals surface area contributed by atoms with Gasteiger partial charge in [-0.3, -0.25) is 0 Å². The third kappa shape index (κ3) is 1.67. The molecule has 2 aromatic carbocycles. The van der Waals surface area contributed by atoms with Crippen LogP contribution in [-0.4, -0.2) is 6.10 Å². The van der Waals surface area contributed by atoms with Crippen molar-refractivity contribution in [2.24, 2.45) is 0 Å². The van der Waals surface area contributed by atoms with Crippen LogP contribution >= 0.6 is 0 Å². The van der Waals surface area contributed by atoms with Crippen LogP contribution in [0.2, 0.25) is 0 Å². The molecule has 1 heterocycles. The minimum atomic E-state index is -0.837. The molecule has 3 heteroatoms. The van der Waals surface area contributed by atoms with Crippen molar-refractivity contribution in [3.63, 3.8) is 0 Å². The molecule has 0 fully saturated rings. The van der Waals surface area contributed by atoms with Crippen LogP contribution in [0.1, 0.15) is 12.5 Å². The maximum Gasteiger partial charge on any atom is 0.166 e. The quantitative estimate of drug-likeness (QED) is 0.740. The first-order valence-electron chi connectivity index (χ1n) is 5.89. The molecule has 0 saturated heterocycles. The van der Waals surface area contributed by atoms with Gasteiger partial charge in [-0.05, 0) is 18.6 Å². The van der Waals surface area contributed by atoms with Gasteiger partial charge in [0, 0.05) is 17.5 Å². The Kier molecular flexibility index (Phi) is 2.54. The molecule has 0 radical (unpaired) electrons. The third-order valence-corrected chi connectivity index (χ3v) is 3.16. The van der Waals surface area contributed by atoms with Crippen molar-refractivity contribution in [1.29, 1.82) is 0 Å². The van der Waals surface area contributed by atoms with E-state index in [0.29, 0.717) is 11.3 Å². The van der Waals surface area contributed by atoms with E-state index in [4.69, 9.17) is 4.74 Å². The largest absolute Gasteiger partial charge is 0.489 e. The summed E-state index contributed by atoms with van der Waals surface area (Å²) in [4.78, 5) is 0. The molecule has 1 unspecified atom stereocenters. The maximum absolute atomic E-state index is 13.8. The fraction of sp³-hybridized carbons (Fsp3) is 0.200. The molecule has 0 amide bonds. The molecule has 1 atom stereocenters. The van der Waals surface area contributed by atoms with Crippen LogP contribution in [0.5, 0.6) is 5.75 Å². The predicted octanol–water partition coefficient (Wildman–Crippen LogP) is 3.96. The molecule has 0 saturated carbocycles. The van der Waals surface area contributed by atoms with Crippen molar-refractivity contribution in [3.8, 4) is 16.9 Å². The van der Waals surface area contributed by atoms with E-state index in [1.54, 1.807) is 12.1 Å². The highest BCUT2D eigenvalue weighted by Gasteiger charge is 2.24. The Morgan fingerprint density at radius 3 is 2.61 bits per heavy atom. The lowest BCUT2D eigenvalue weighted by Gasteiger charge is -2.10. The Morgan fingerprint density at radius 2 is 1.78 bits per heavy atom. The van der Waals surface area contributed by atoms with Crippen molar-refractivity contribution in [1.82, 2.24) is 0 Å². The van der Waals surface area contributed by atoms with Gasteiger partial charge in [-0.25, -0.2) is 8.78 Å². The van der Waals surface area contributed by atoms with Gasteiger partial charge in [0.1, 0.15) is 11.9 Å². The Bertz CT molecular complexity index is 607. The zero-order chi connectivity index (χ0) is 12.7. The minimum Gasteiger partial charge on any atom is -0.489 e. The van der Waals surface area contributed by atoms with Gasteiger partial charge >= 0.3 is 0 Å². The predicted molar refractivity (Wildman–Crippen MR) is 65.6 cm³/mol. The van der Waals surface area contributed by atoms with Crippen LogP contribution in [0, 0.1) is 11.6 Å². The first-order valence-corrected chi connectivity index (χ1v) is 5.89. The summed E-state index contributed by atoms with van der Waals surface area (Å²) in [6.07, 6.45) is 0.887. The number of ether oxygens (including phenoxy) is 1. The first kappa shape index (κ1) is 11.2. The molecule has 92 valence electrons. The lowest BCUT2D eigenvalue weighted by Crippen LogP contribution is -2.05. The molecule has 0 bridgehead atoms. The summed E-state index contributed by atoms with van der Waals surface area (Å²) in [5, 5.41) is 0. The van der Waals surface area contributed by atoms with Gasteiger partial charge < -0.3 is 4.74 Å². The van der Waals surface area contributed by atoms with E-state index >= 15 is 0 Å². The van der Waals surface area contributed by atoms with Crippen molar-refractivity contribution < 1.29 is 13.5 Å². The van der Waals surface area contributed by atoms with Crippen molar-refractivity contribution >= 4 is 0 Å². The summed E-state index contributed by atoms with van der Waals surface area (Å²) in [5.41, 5.74) is 1.92. The number of hydrogen-bond acceptors (Lipinski definition) is 1. The molecular weight excluding hydrogens is 234 g/mol. The second-order valence-electron chi connectivity index (χ2n) is 4.53. The van der Waals surface area contributed by atoms with Crippen LogP contribution in [0.4, 0.5) is 8.78 Å². The second kappa shape index (κ2) is 4.09. The van der Waals surface area contributed by atoms with E-state index in [1.807, 2.05) is 19.1 Å². The molecular formula is C15H12F2O. The lowest BCUT2D eigenvalue weighted by molar-refractivity contribution is 0.255. The number of para-hydroxylation sites is 1. The highest BCUT2D eigenvalue weighted by atomic mass is 19.2. The van der Waals surface area contributed by atoms with Gasteiger partial charge in [-0.1, -0.05) is 30.3 Å². The van der Waals surface area contributed by atoms with Gasteiger partial charge in [-0.15, -0.1) is 0 Å². The molecule has 0 N–H and O–H groups in total. The lowest BCUT2D eigenvalue weighted by atomic mass is 10.00. The summed E-state index contributed by atoms with van der Waals surface area (Å²) >= 11 is 0. The molecule has 0 aliphatic carbocycles. The molecule has 18 heavy (non-hydrogen) atoms. The van der Waals surface area contributed by atoms with E-state index in [2.05, 4.69) is 0 Å². The zero-order valence-corrected chi connectivity index (χ0v) is 9.91. The van der Waals surface area contributed by atoms with Gasteiger partial charge in [-0.2, -0.15) is 0 Å².